The molecular formula is C10H21NO2. The van der Waals surface area contributed by atoms with Gasteiger partial charge in [0.2, 0.25) is 0 Å². The Bertz CT molecular complexity index is 146. The highest BCUT2D eigenvalue weighted by molar-refractivity contribution is 4.82. The molecule has 0 aromatic carbocycles. The van der Waals surface area contributed by atoms with Crippen LogP contribution in [0.5, 0.6) is 0 Å². The fourth-order valence-electron chi connectivity index (χ4n) is 1.42. The summed E-state index contributed by atoms with van der Waals surface area (Å²) in [7, 11) is 0. The Morgan fingerprint density at radius 3 is 2.69 bits per heavy atom. The zero-order valence-corrected chi connectivity index (χ0v) is 8.68. The van der Waals surface area contributed by atoms with E-state index in [0.29, 0.717) is 5.41 Å². The molecule has 1 aliphatic rings. The van der Waals surface area contributed by atoms with Crippen molar-refractivity contribution < 1.29 is 9.84 Å². The van der Waals surface area contributed by atoms with Gasteiger partial charge in [0.25, 0.3) is 0 Å². The lowest BCUT2D eigenvalue weighted by atomic mass is 9.89. The Kier molecular flexibility index (Phi) is 4.16. The summed E-state index contributed by atoms with van der Waals surface area (Å²) in [5.41, 5.74) is 0.344. The second kappa shape index (κ2) is 4.94. The summed E-state index contributed by atoms with van der Waals surface area (Å²) >= 11 is 0. The molecule has 3 heteroatoms. The molecule has 0 aromatic rings. The molecule has 0 radical (unpaired) electrons. The average Bonchev–Trinajstić information content (AvgIpc) is 2.09. The molecule has 0 aromatic heterocycles. The fourth-order valence-corrected chi connectivity index (χ4v) is 1.42. The van der Waals surface area contributed by atoms with Gasteiger partial charge < -0.3 is 15.2 Å². The van der Waals surface area contributed by atoms with Crippen LogP contribution in [0.3, 0.4) is 0 Å². The normalized spacial score (nSPS) is 22.4. The van der Waals surface area contributed by atoms with E-state index in [1.54, 1.807) is 0 Å². The van der Waals surface area contributed by atoms with E-state index in [4.69, 9.17) is 4.74 Å². The lowest BCUT2D eigenvalue weighted by Crippen LogP contribution is -2.47. The van der Waals surface area contributed by atoms with Crippen molar-refractivity contribution in [2.24, 2.45) is 5.41 Å². The van der Waals surface area contributed by atoms with Crippen molar-refractivity contribution >= 4 is 0 Å². The van der Waals surface area contributed by atoms with E-state index >= 15 is 0 Å². The van der Waals surface area contributed by atoms with Gasteiger partial charge in [0.15, 0.2) is 0 Å². The monoisotopic (exact) mass is 187 g/mol. The summed E-state index contributed by atoms with van der Waals surface area (Å²) in [6.07, 6.45) is 1.56. The molecule has 1 heterocycles. The molecule has 0 spiro atoms. The first-order valence-electron chi connectivity index (χ1n) is 5.13. The SMILES string of the molecule is CCC(O)CCNCC1(C)COC1. The standard InChI is InChI=1S/C10H21NO2/c1-3-9(12)4-5-11-6-10(2)7-13-8-10/h9,11-12H,3-8H2,1-2H3. The van der Waals surface area contributed by atoms with Gasteiger partial charge in [0.05, 0.1) is 19.3 Å². The molecule has 3 nitrogen and oxygen atoms in total. The maximum Gasteiger partial charge on any atom is 0.0554 e. The van der Waals surface area contributed by atoms with Gasteiger partial charge in [-0.3, -0.25) is 0 Å². The van der Waals surface area contributed by atoms with Crippen LogP contribution in [-0.2, 0) is 4.74 Å². The van der Waals surface area contributed by atoms with Gasteiger partial charge in [-0.25, -0.2) is 0 Å². The minimum atomic E-state index is -0.141. The molecule has 2 N–H and O–H groups in total. The van der Waals surface area contributed by atoms with Gasteiger partial charge in [-0.05, 0) is 19.4 Å². The van der Waals surface area contributed by atoms with Gasteiger partial charge in [-0.1, -0.05) is 13.8 Å². The first kappa shape index (κ1) is 11.0. The molecule has 0 amide bonds. The molecule has 1 saturated heterocycles. The number of aliphatic hydroxyl groups excluding tert-OH is 1. The maximum atomic E-state index is 9.29. The Balaban J connectivity index is 1.94. The second-order valence-corrected chi connectivity index (χ2v) is 4.33. The number of rotatable bonds is 6. The van der Waals surface area contributed by atoms with E-state index in [-0.39, 0.29) is 6.10 Å². The smallest absolute Gasteiger partial charge is 0.0554 e. The van der Waals surface area contributed by atoms with E-state index in [1.165, 1.54) is 0 Å². The highest BCUT2D eigenvalue weighted by atomic mass is 16.5. The van der Waals surface area contributed by atoms with E-state index in [1.807, 2.05) is 6.92 Å². The molecule has 1 aliphatic heterocycles. The van der Waals surface area contributed by atoms with Crippen LogP contribution in [-0.4, -0.2) is 37.5 Å². The zero-order chi connectivity index (χ0) is 9.73. The largest absolute Gasteiger partial charge is 0.393 e. The molecule has 1 atom stereocenters. The highest BCUT2D eigenvalue weighted by Gasteiger charge is 2.32. The van der Waals surface area contributed by atoms with E-state index in [0.717, 1.165) is 39.1 Å². The van der Waals surface area contributed by atoms with E-state index in [2.05, 4.69) is 12.2 Å². The Hall–Kier alpha value is -0.120. The van der Waals surface area contributed by atoms with Crippen LogP contribution in [0.1, 0.15) is 26.7 Å². The van der Waals surface area contributed by atoms with Crippen LogP contribution in [0.4, 0.5) is 0 Å². The van der Waals surface area contributed by atoms with Crippen LogP contribution >= 0.6 is 0 Å². The lowest BCUT2D eigenvalue weighted by Gasteiger charge is -2.38. The van der Waals surface area contributed by atoms with Gasteiger partial charge >= 0.3 is 0 Å². The number of ether oxygens (including phenoxy) is 1. The summed E-state index contributed by atoms with van der Waals surface area (Å²) in [5.74, 6) is 0. The Morgan fingerprint density at radius 1 is 1.54 bits per heavy atom. The summed E-state index contributed by atoms with van der Waals surface area (Å²) < 4.78 is 5.15. The summed E-state index contributed by atoms with van der Waals surface area (Å²) in [6.45, 7) is 7.88. The van der Waals surface area contributed by atoms with Gasteiger partial charge in [0, 0.05) is 12.0 Å². The predicted octanol–water partition coefficient (Wildman–Crippen LogP) is 0.774. The van der Waals surface area contributed by atoms with Crippen molar-refractivity contribution in [1.82, 2.24) is 5.32 Å². The molecule has 1 rings (SSSR count). The minimum Gasteiger partial charge on any atom is -0.393 e. The van der Waals surface area contributed by atoms with Crippen molar-refractivity contribution in [3.05, 3.63) is 0 Å². The van der Waals surface area contributed by atoms with E-state index < -0.39 is 0 Å². The molecule has 1 unspecified atom stereocenters. The van der Waals surface area contributed by atoms with Crippen LogP contribution in [0.2, 0.25) is 0 Å². The Labute approximate surface area is 80.5 Å². The van der Waals surface area contributed by atoms with Crippen LogP contribution in [0.15, 0.2) is 0 Å². The molecule has 0 saturated carbocycles. The first-order chi connectivity index (χ1) is 6.16. The third-order valence-corrected chi connectivity index (χ3v) is 2.58. The van der Waals surface area contributed by atoms with Crippen LogP contribution in [0.25, 0.3) is 0 Å². The second-order valence-electron chi connectivity index (χ2n) is 4.33. The Morgan fingerprint density at radius 2 is 2.23 bits per heavy atom. The molecule has 0 bridgehead atoms. The molecule has 13 heavy (non-hydrogen) atoms. The van der Waals surface area contributed by atoms with Crippen molar-refractivity contribution in [2.45, 2.75) is 32.8 Å². The quantitative estimate of drug-likeness (QED) is 0.604. The maximum absolute atomic E-state index is 9.29. The third-order valence-electron chi connectivity index (χ3n) is 2.58. The topological polar surface area (TPSA) is 41.5 Å². The van der Waals surface area contributed by atoms with Crippen LogP contribution in [0, 0.1) is 5.41 Å². The summed E-state index contributed by atoms with van der Waals surface area (Å²) in [4.78, 5) is 0. The third kappa shape index (κ3) is 3.63. The lowest BCUT2D eigenvalue weighted by molar-refractivity contribution is -0.0990. The highest BCUT2D eigenvalue weighted by Crippen LogP contribution is 2.24. The van der Waals surface area contributed by atoms with Gasteiger partial charge in [-0.15, -0.1) is 0 Å². The number of aliphatic hydroxyl groups is 1. The molecule has 78 valence electrons. The molecule has 0 aliphatic carbocycles. The van der Waals surface area contributed by atoms with Crippen molar-refractivity contribution in [1.29, 1.82) is 0 Å². The number of hydrogen-bond donors (Lipinski definition) is 2. The van der Waals surface area contributed by atoms with Crippen molar-refractivity contribution in [3.8, 4) is 0 Å². The summed E-state index contributed by atoms with van der Waals surface area (Å²) in [6, 6.07) is 0. The van der Waals surface area contributed by atoms with E-state index in [9.17, 15) is 5.11 Å². The number of hydrogen-bond acceptors (Lipinski definition) is 3. The summed E-state index contributed by atoms with van der Waals surface area (Å²) in [5, 5.41) is 12.6. The van der Waals surface area contributed by atoms with Gasteiger partial charge in [-0.2, -0.15) is 0 Å². The van der Waals surface area contributed by atoms with Crippen LogP contribution < -0.4 is 5.32 Å². The fraction of sp³-hybridized carbons (Fsp3) is 1.00. The molecular weight excluding hydrogens is 166 g/mol. The average molecular weight is 187 g/mol. The predicted molar refractivity (Wildman–Crippen MR) is 52.7 cm³/mol. The first-order valence-corrected chi connectivity index (χ1v) is 5.13. The van der Waals surface area contributed by atoms with Gasteiger partial charge in [0.1, 0.15) is 0 Å². The zero-order valence-electron chi connectivity index (χ0n) is 8.68. The van der Waals surface area contributed by atoms with Crippen molar-refractivity contribution in [2.75, 3.05) is 26.3 Å². The number of nitrogens with one attached hydrogen (secondary N) is 1. The minimum absolute atomic E-state index is 0.141. The molecule has 1 fully saturated rings. The van der Waals surface area contributed by atoms with Crippen molar-refractivity contribution in [3.63, 3.8) is 0 Å².